The number of nitrogens with zero attached hydrogens (tertiary/aromatic N) is 4. The zero-order chi connectivity index (χ0) is 16.4. The van der Waals surface area contributed by atoms with E-state index >= 15 is 0 Å². The first kappa shape index (κ1) is 18.2. The minimum absolute atomic E-state index is 0. The van der Waals surface area contributed by atoms with Gasteiger partial charge in [-0.3, -0.25) is 4.90 Å². The van der Waals surface area contributed by atoms with Crippen LogP contribution >= 0.6 is 12.4 Å². The van der Waals surface area contributed by atoms with Crippen LogP contribution in [-0.2, 0) is 19.6 Å². The SMILES string of the molecule is COc1ccccc1CN1CCC(c2nnc3n2CCNC3)CC1.Cl. The second-order valence-electron chi connectivity index (χ2n) is 6.67. The Balaban J connectivity index is 0.00000182. The molecule has 0 amide bonds. The van der Waals surface area contributed by atoms with E-state index in [4.69, 9.17) is 4.74 Å². The summed E-state index contributed by atoms with van der Waals surface area (Å²) in [6, 6.07) is 8.31. The highest BCUT2D eigenvalue weighted by Crippen LogP contribution is 2.29. The first-order valence-corrected chi connectivity index (χ1v) is 8.82. The number of aromatic nitrogens is 3. The fourth-order valence-corrected chi connectivity index (χ4v) is 3.84. The summed E-state index contributed by atoms with van der Waals surface area (Å²) in [5.74, 6) is 3.81. The van der Waals surface area contributed by atoms with Crippen molar-refractivity contribution < 1.29 is 4.74 Å². The van der Waals surface area contributed by atoms with E-state index in [9.17, 15) is 0 Å². The first-order chi connectivity index (χ1) is 11.8. The summed E-state index contributed by atoms with van der Waals surface area (Å²) in [6.45, 7) is 6.02. The molecule has 3 heterocycles. The van der Waals surface area contributed by atoms with Crippen LogP contribution in [0.25, 0.3) is 0 Å². The number of rotatable bonds is 4. The van der Waals surface area contributed by atoms with Gasteiger partial charge in [-0.05, 0) is 32.0 Å². The predicted octanol–water partition coefficient (Wildman–Crippen LogP) is 2.19. The number of benzene rings is 1. The highest BCUT2D eigenvalue weighted by molar-refractivity contribution is 5.85. The second-order valence-corrected chi connectivity index (χ2v) is 6.67. The molecule has 1 N–H and O–H groups in total. The van der Waals surface area contributed by atoms with E-state index in [-0.39, 0.29) is 12.4 Å². The van der Waals surface area contributed by atoms with Gasteiger partial charge in [-0.25, -0.2) is 0 Å². The van der Waals surface area contributed by atoms with Crippen LogP contribution in [0, 0.1) is 0 Å². The maximum atomic E-state index is 5.47. The van der Waals surface area contributed by atoms with Gasteiger partial charge in [0.15, 0.2) is 0 Å². The minimum Gasteiger partial charge on any atom is -0.496 e. The Kier molecular flexibility index (Phi) is 5.93. The standard InChI is InChI=1S/C18H25N5O.ClH/c1-24-16-5-3-2-4-15(16)13-22-9-6-14(7-10-22)18-21-20-17-12-19-8-11-23(17)18;/h2-5,14,19H,6-13H2,1H3;1H. The van der Waals surface area contributed by atoms with Crippen LogP contribution in [0.1, 0.15) is 36.0 Å². The monoisotopic (exact) mass is 363 g/mol. The van der Waals surface area contributed by atoms with E-state index in [0.717, 1.165) is 63.7 Å². The van der Waals surface area contributed by atoms with Gasteiger partial charge in [0, 0.05) is 31.1 Å². The third-order valence-electron chi connectivity index (χ3n) is 5.19. The third-order valence-corrected chi connectivity index (χ3v) is 5.19. The van der Waals surface area contributed by atoms with Crippen molar-refractivity contribution in [2.24, 2.45) is 0 Å². The zero-order valence-corrected chi connectivity index (χ0v) is 15.5. The molecule has 2 aromatic rings. The second kappa shape index (κ2) is 8.17. The molecule has 0 unspecified atom stereocenters. The van der Waals surface area contributed by atoms with E-state index in [1.54, 1.807) is 7.11 Å². The molecule has 25 heavy (non-hydrogen) atoms. The molecule has 1 saturated heterocycles. The molecule has 4 rings (SSSR count). The van der Waals surface area contributed by atoms with Crippen LogP contribution in [0.3, 0.4) is 0 Å². The lowest BCUT2D eigenvalue weighted by atomic mass is 9.95. The average molecular weight is 364 g/mol. The Morgan fingerprint density at radius 3 is 2.76 bits per heavy atom. The molecule has 0 bridgehead atoms. The molecule has 2 aliphatic rings. The Labute approximate surface area is 155 Å². The van der Waals surface area contributed by atoms with E-state index < -0.39 is 0 Å². The van der Waals surface area contributed by atoms with Crippen LogP contribution in [0.2, 0.25) is 0 Å². The smallest absolute Gasteiger partial charge is 0.147 e. The Morgan fingerprint density at radius 2 is 1.96 bits per heavy atom. The van der Waals surface area contributed by atoms with Crippen LogP contribution in [0.15, 0.2) is 24.3 Å². The van der Waals surface area contributed by atoms with Gasteiger partial charge in [-0.1, -0.05) is 18.2 Å². The maximum Gasteiger partial charge on any atom is 0.147 e. The Bertz CT molecular complexity index is 697. The van der Waals surface area contributed by atoms with Crippen LogP contribution in [-0.4, -0.2) is 46.4 Å². The van der Waals surface area contributed by atoms with E-state index in [1.165, 1.54) is 11.4 Å². The summed E-state index contributed by atoms with van der Waals surface area (Å²) >= 11 is 0. The number of hydrogen-bond donors (Lipinski definition) is 1. The molecule has 6 nitrogen and oxygen atoms in total. The molecule has 0 saturated carbocycles. The molecule has 1 fully saturated rings. The summed E-state index contributed by atoms with van der Waals surface area (Å²) in [6.07, 6.45) is 2.31. The Hall–Kier alpha value is -1.63. The molecule has 0 atom stereocenters. The van der Waals surface area contributed by atoms with Crippen molar-refractivity contribution in [3.05, 3.63) is 41.5 Å². The van der Waals surface area contributed by atoms with Gasteiger partial charge in [-0.15, -0.1) is 22.6 Å². The van der Waals surface area contributed by atoms with E-state index in [1.807, 2.05) is 12.1 Å². The highest BCUT2D eigenvalue weighted by atomic mass is 35.5. The molecule has 136 valence electrons. The number of ether oxygens (including phenoxy) is 1. The molecule has 1 aromatic heterocycles. The predicted molar refractivity (Wildman–Crippen MR) is 99.2 cm³/mol. The van der Waals surface area contributed by atoms with Gasteiger partial charge in [0.25, 0.3) is 0 Å². The van der Waals surface area contributed by atoms with Crippen molar-refractivity contribution in [2.75, 3.05) is 26.7 Å². The number of piperidine rings is 1. The van der Waals surface area contributed by atoms with Crippen molar-refractivity contribution in [3.63, 3.8) is 0 Å². The summed E-state index contributed by atoms with van der Waals surface area (Å²) < 4.78 is 7.81. The zero-order valence-electron chi connectivity index (χ0n) is 14.6. The highest BCUT2D eigenvalue weighted by Gasteiger charge is 2.27. The molecule has 0 spiro atoms. The maximum absolute atomic E-state index is 5.47. The Morgan fingerprint density at radius 1 is 1.16 bits per heavy atom. The fraction of sp³-hybridized carbons (Fsp3) is 0.556. The molecule has 7 heteroatoms. The summed E-state index contributed by atoms with van der Waals surface area (Å²) in [4.78, 5) is 2.52. The lowest BCUT2D eigenvalue weighted by Crippen LogP contribution is -2.34. The van der Waals surface area contributed by atoms with Gasteiger partial charge in [0.2, 0.25) is 0 Å². The lowest BCUT2D eigenvalue weighted by Gasteiger charge is -2.32. The number of hydrogen-bond acceptors (Lipinski definition) is 5. The van der Waals surface area contributed by atoms with Gasteiger partial charge in [0.05, 0.1) is 13.7 Å². The average Bonchev–Trinajstić information content (AvgIpc) is 3.07. The molecule has 0 radical (unpaired) electrons. The quantitative estimate of drug-likeness (QED) is 0.902. The van der Waals surface area contributed by atoms with Gasteiger partial charge < -0.3 is 14.6 Å². The third kappa shape index (κ3) is 3.81. The summed E-state index contributed by atoms with van der Waals surface area (Å²) in [7, 11) is 1.74. The minimum atomic E-state index is 0. The summed E-state index contributed by atoms with van der Waals surface area (Å²) in [5, 5.41) is 12.2. The molecular formula is C18H26ClN5O. The van der Waals surface area contributed by atoms with E-state index in [2.05, 4.69) is 37.1 Å². The summed E-state index contributed by atoms with van der Waals surface area (Å²) in [5.41, 5.74) is 1.27. The van der Waals surface area contributed by atoms with Gasteiger partial charge >= 0.3 is 0 Å². The van der Waals surface area contributed by atoms with E-state index in [0.29, 0.717) is 5.92 Å². The molecule has 1 aromatic carbocycles. The molecule has 0 aliphatic carbocycles. The van der Waals surface area contributed by atoms with Gasteiger partial charge in [0.1, 0.15) is 17.4 Å². The van der Waals surface area contributed by atoms with Crippen LogP contribution in [0.5, 0.6) is 5.75 Å². The number of likely N-dealkylation sites (tertiary alicyclic amines) is 1. The van der Waals surface area contributed by atoms with Crippen molar-refractivity contribution in [3.8, 4) is 5.75 Å². The fourth-order valence-electron chi connectivity index (χ4n) is 3.84. The van der Waals surface area contributed by atoms with Gasteiger partial charge in [-0.2, -0.15) is 0 Å². The van der Waals surface area contributed by atoms with Crippen molar-refractivity contribution in [2.45, 2.75) is 38.4 Å². The normalized spacial score (nSPS) is 18.4. The molecular weight excluding hydrogens is 338 g/mol. The van der Waals surface area contributed by atoms with Crippen LogP contribution in [0.4, 0.5) is 0 Å². The largest absolute Gasteiger partial charge is 0.496 e. The number of fused-ring (bicyclic) bond motifs is 1. The van der Waals surface area contributed by atoms with Crippen molar-refractivity contribution in [1.29, 1.82) is 0 Å². The molecule has 2 aliphatic heterocycles. The number of nitrogens with one attached hydrogen (secondary N) is 1. The van der Waals surface area contributed by atoms with Crippen molar-refractivity contribution >= 4 is 12.4 Å². The van der Waals surface area contributed by atoms with Crippen LogP contribution < -0.4 is 10.1 Å². The number of para-hydroxylation sites is 1. The topological polar surface area (TPSA) is 55.2 Å². The number of halogens is 1. The van der Waals surface area contributed by atoms with Crippen molar-refractivity contribution in [1.82, 2.24) is 25.0 Å². The lowest BCUT2D eigenvalue weighted by molar-refractivity contribution is 0.197. The first-order valence-electron chi connectivity index (χ1n) is 8.82. The number of methoxy groups -OCH3 is 1.